The van der Waals surface area contributed by atoms with Crippen LogP contribution in [-0.4, -0.2) is 34.7 Å². The lowest BCUT2D eigenvalue weighted by Crippen LogP contribution is -2.44. The fourth-order valence-electron chi connectivity index (χ4n) is 5.93. The molecule has 3 unspecified atom stereocenters. The molecule has 4 aromatic rings. The maximum absolute atomic E-state index is 13.7. The Morgan fingerprint density at radius 3 is 2.57 bits per heavy atom. The van der Waals surface area contributed by atoms with E-state index in [9.17, 15) is 4.79 Å². The third-order valence-electron chi connectivity index (χ3n) is 8.07. The number of imidazole rings is 1. The molecule has 1 N–H and O–H groups in total. The minimum atomic E-state index is 0.114. The number of nitrogens with one attached hydrogen (secondary N) is 1. The maximum atomic E-state index is 13.7. The highest BCUT2D eigenvalue weighted by Gasteiger charge is 2.43. The Kier molecular flexibility index (Phi) is 7.35. The average Bonchev–Trinajstić information content (AvgIpc) is 3.52. The van der Waals surface area contributed by atoms with Crippen molar-refractivity contribution in [1.82, 2.24) is 34.7 Å². The molecule has 0 aliphatic heterocycles. The van der Waals surface area contributed by atoms with Gasteiger partial charge in [0.2, 0.25) is 5.82 Å². The third kappa shape index (κ3) is 4.89. The summed E-state index contributed by atoms with van der Waals surface area (Å²) < 4.78 is 4.01. The molecule has 37 heavy (non-hydrogen) atoms. The Balaban J connectivity index is 1.42. The summed E-state index contributed by atoms with van der Waals surface area (Å²) in [5.41, 5.74) is 4.90. The third-order valence-corrected chi connectivity index (χ3v) is 8.07. The molecule has 3 atom stereocenters. The van der Waals surface area contributed by atoms with E-state index in [0.29, 0.717) is 36.2 Å². The zero-order valence-corrected chi connectivity index (χ0v) is 22.3. The standard InChI is InChI=1S/C29H37N7O/c1-5-7-10-21-18-36(27-15-25(19(3)4)22(27)6-2)29(37)35(21)17-20-13-14-26(30-16-20)23-11-8-9-12-24(23)28-31-33-34-32-28/h8-9,11-14,16,18-19,22,25,27H,5-7,10,15,17H2,1-4H3,(H,31,32,33,34). The summed E-state index contributed by atoms with van der Waals surface area (Å²) in [4.78, 5) is 18.4. The number of aromatic amines is 1. The van der Waals surface area contributed by atoms with E-state index in [1.165, 1.54) is 0 Å². The summed E-state index contributed by atoms with van der Waals surface area (Å²) in [6.07, 6.45) is 9.33. The van der Waals surface area contributed by atoms with Crippen molar-refractivity contribution >= 4 is 0 Å². The Bertz CT molecular complexity index is 1370. The fraction of sp³-hybridized carbons (Fsp3) is 0.483. The molecule has 3 heterocycles. The normalized spacial score (nSPS) is 19.3. The topological polar surface area (TPSA) is 94.3 Å². The predicted molar refractivity (Wildman–Crippen MR) is 145 cm³/mol. The Labute approximate surface area is 218 Å². The monoisotopic (exact) mass is 499 g/mol. The Hall–Kier alpha value is -3.55. The molecule has 0 spiro atoms. The van der Waals surface area contributed by atoms with Crippen LogP contribution in [0.5, 0.6) is 0 Å². The number of tetrazole rings is 1. The molecule has 8 heteroatoms. The molecule has 0 saturated heterocycles. The largest absolute Gasteiger partial charge is 0.328 e. The van der Waals surface area contributed by atoms with Crippen LogP contribution in [0.2, 0.25) is 0 Å². The molecule has 194 valence electrons. The summed E-state index contributed by atoms with van der Waals surface area (Å²) in [6.45, 7) is 9.60. The van der Waals surface area contributed by atoms with Gasteiger partial charge in [-0.15, -0.1) is 10.2 Å². The first-order valence-corrected chi connectivity index (χ1v) is 13.6. The Morgan fingerprint density at radius 2 is 1.92 bits per heavy atom. The van der Waals surface area contributed by atoms with Crippen LogP contribution in [0.4, 0.5) is 0 Å². The molecule has 1 aliphatic rings. The van der Waals surface area contributed by atoms with E-state index in [0.717, 1.165) is 60.2 Å². The van der Waals surface area contributed by atoms with Gasteiger partial charge in [-0.2, -0.15) is 5.21 Å². The maximum Gasteiger partial charge on any atom is 0.328 e. The number of H-pyrrole nitrogens is 1. The van der Waals surface area contributed by atoms with Gasteiger partial charge >= 0.3 is 5.69 Å². The highest BCUT2D eigenvalue weighted by atomic mass is 16.1. The zero-order valence-electron chi connectivity index (χ0n) is 22.3. The van der Waals surface area contributed by atoms with Crippen LogP contribution in [0.1, 0.15) is 70.7 Å². The summed E-state index contributed by atoms with van der Waals surface area (Å²) in [6, 6.07) is 12.3. The van der Waals surface area contributed by atoms with Gasteiger partial charge in [0.15, 0.2) is 0 Å². The highest BCUT2D eigenvalue weighted by molar-refractivity contribution is 5.78. The van der Waals surface area contributed by atoms with Crippen LogP contribution in [0.3, 0.4) is 0 Å². The van der Waals surface area contributed by atoms with Gasteiger partial charge in [0.1, 0.15) is 0 Å². The Morgan fingerprint density at radius 1 is 1.11 bits per heavy atom. The van der Waals surface area contributed by atoms with Gasteiger partial charge in [0, 0.05) is 35.3 Å². The van der Waals surface area contributed by atoms with Crippen LogP contribution in [0, 0.1) is 17.8 Å². The lowest BCUT2D eigenvalue weighted by atomic mass is 9.63. The van der Waals surface area contributed by atoms with Gasteiger partial charge in [-0.25, -0.2) is 4.79 Å². The first-order chi connectivity index (χ1) is 18.0. The van der Waals surface area contributed by atoms with Crippen molar-refractivity contribution in [3.63, 3.8) is 0 Å². The number of hydrogen-bond donors (Lipinski definition) is 1. The van der Waals surface area contributed by atoms with E-state index < -0.39 is 0 Å². The average molecular weight is 500 g/mol. The molecular formula is C29H37N7O. The lowest BCUT2D eigenvalue weighted by molar-refractivity contribution is 0.0377. The van der Waals surface area contributed by atoms with Crippen LogP contribution in [-0.2, 0) is 13.0 Å². The number of rotatable bonds is 10. The predicted octanol–water partition coefficient (Wildman–Crippen LogP) is 5.53. The molecular weight excluding hydrogens is 462 g/mol. The summed E-state index contributed by atoms with van der Waals surface area (Å²) in [5, 5.41) is 14.5. The van der Waals surface area contributed by atoms with E-state index >= 15 is 0 Å². The van der Waals surface area contributed by atoms with Crippen LogP contribution < -0.4 is 5.69 Å². The van der Waals surface area contributed by atoms with Crippen LogP contribution in [0.15, 0.2) is 53.6 Å². The van der Waals surface area contributed by atoms with Gasteiger partial charge in [-0.3, -0.25) is 14.1 Å². The van der Waals surface area contributed by atoms with Gasteiger partial charge in [0.05, 0.1) is 12.2 Å². The molecule has 8 nitrogen and oxygen atoms in total. The molecule has 0 radical (unpaired) electrons. The summed E-state index contributed by atoms with van der Waals surface area (Å²) in [5.74, 6) is 2.48. The minimum Gasteiger partial charge on any atom is -0.296 e. The molecule has 0 amide bonds. The number of pyridine rings is 1. The number of nitrogens with zero attached hydrogens (tertiary/aromatic N) is 6. The number of unbranched alkanes of at least 4 members (excludes halogenated alkanes) is 1. The van der Waals surface area contributed by atoms with Crippen LogP contribution >= 0.6 is 0 Å². The number of hydrogen-bond acceptors (Lipinski definition) is 5. The molecule has 1 aliphatic carbocycles. The van der Waals surface area contributed by atoms with Gasteiger partial charge in [-0.05, 0) is 53.9 Å². The fourth-order valence-corrected chi connectivity index (χ4v) is 5.93. The van der Waals surface area contributed by atoms with Gasteiger partial charge in [0.25, 0.3) is 0 Å². The second-order valence-corrected chi connectivity index (χ2v) is 10.6. The van der Waals surface area contributed by atoms with Gasteiger partial charge < -0.3 is 0 Å². The van der Waals surface area contributed by atoms with Crippen molar-refractivity contribution in [2.24, 2.45) is 17.8 Å². The van der Waals surface area contributed by atoms with Crippen molar-refractivity contribution in [1.29, 1.82) is 0 Å². The molecule has 1 aromatic carbocycles. The quantitative estimate of drug-likeness (QED) is 0.310. The molecule has 1 fully saturated rings. The van der Waals surface area contributed by atoms with Crippen molar-refractivity contribution in [2.45, 2.75) is 72.4 Å². The summed E-state index contributed by atoms with van der Waals surface area (Å²) >= 11 is 0. The van der Waals surface area contributed by atoms with Crippen molar-refractivity contribution < 1.29 is 0 Å². The molecule has 0 bridgehead atoms. The number of aryl methyl sites for hydroxylation is 1. The SMILES string of the molecule is CCCCc1cn(C2CC(C(C)C)C2CC)c(=O)n1Cc1ccc(-c2ccccc2-c2nn[nH]n2)nc1. The van der Waals surface area contributed by atoms with Crippen molar-refractivity contribution in [3.05, 3.63) is 70.5 Å². The smallest absolute Gasteiger partial charge is 0.296 e. The minimum absolute atomic E-state index is 0.114. The van der Waals surface area contributed by atoms with Crippen molar-refractivity contribution in [2.75, 3.05) is 0 Å². The first kappa shape index (κ1) is 25.1. The van der Waals surface area contributed by atoms with E-state index in [1.807, 2.05) is 45.7 Å². The second-order valence-electron chi connectivity index (χ2n) is 10.6. The molecule has 1 saturated carbocycles. The highest BCUT2D eigenvalue weighted by Crippen LogP contribution is 2.49. The number of aromatic nitrogens is 7. The first-order valence-electron chi connectivity index (χ1n) is 13.6. The van der Waals surface area contributed by atoms with Gasteiger partial charge in [-0.1, -0.05) is 70.9 Å². The van der Waals surface area contributed by atoms with E-state index in [-0.39, 0.29) is 5.69 Å². The van der Waals surface area contributed by atoms with Crippen molar-refractivity contribution in [3.8, 4) is 22.6 Å². The lowest BCUT2D eigenvalue weighted by Gasteiger charge is -2.47. The van der Waals surface area contributed by atoms with E-state index in [4.69, 9.17) is 4.98 Å². The summed E-state index contributed by atoms with van der Waals surface area (Å²) in [7, 11) is 0. The number of benzene rings is 1. The van der Waals surface area contributed by atoms with E-state index in [1.54, 1.807) is 0 Å². The van der Waals surface area contributed by atoms with Crippen LogP contribution in [0.25, 0.3) is 22.6 Å². The molecule has 5 rings (SSSR count). The van der Waals surface area contributed by atoms with E-state index in [2.05, 4.69) is 60.6 Å². The zero-order chi connectivity index (χ0) is 25.9. The molecule has 3 aromatic heterocycles. The second kappa shape index (κ2) is 10.8.